The van der Waals surface area contributed by atoms with E-state index in [1.165, 1.54) is 51.2 Å². The fourth-order valence-electron chi connectivity index (χ4n) is 3.47. The number of hydrogen-bond donors (Lipinski definition) is 0. The Balaban J connectivity index is 1.53. The number of aliphatic imine (C=N–C) groups is 1. The topological polar surface area (TPSA) is 28.5 Å². The van der Waals surface area contributed by atoms with Crippen LogP contribution in [0.4, 0.5) is 5.69 Å². The number of nitrogens with zero attached hydrogens (tertiary/aromatic N) is 3. The van der Waals surface area contributed by atoms with Crippen molar-refractivity contribution in [1.29, 1.82) is 0 Å². The van der Waals surface area contributed by atoms with Crippen LogP contribution in [0, 0.1) is 13.8 Å². The van der Waals surface area contributed by atoms with E-state index >= 15 is 0 Å². The molecule has 0 spiro atoms. The van der Waals surface area contributed by atoms with E-state index in [1.807, 2.05) is 13.4 Å². The van der Waals surface area contributed by atoms with Gasteiger partial charge in [0.15, 0.2) is 0 Å². The molecular weight excluding hydrogens is 362 g/mol. The molecule has 0 amide bonds. The Morgan fingerprint density at radius 1 is 1.11 bits per heavy atom. The molecule has 4 rings (SSSR count). The summed E-state index contributed by atoms with van der Waals surface area (Å²) < 4.78 is 0. The first kappa shape index (κ1) is 18.9. The van der Waals surface area contributed by atoms with Crippen LogP contribution in [-0.4, -0.2) is 29.8 Å². The van der Waals surface area contributed by atoms with E-state index in [-0.39, 0.29) is 0 Å². The average molecular weight is 390 g/mol. The number of aromatic nitrogens is 1. The molecule has 28 heavy (non-hydrogen) atoms. The van der Waals surface area contributed by atoms with Crippen molar-refractivity contribution in [2.75, 3.05) is 13.6 Å². The summed E-state index contributed by atoms with van der Waals surface area (Å²) in [6.07, 6.45) is 5.22. The van der Waals surface area contributed by atoms with Crippen LogP contribution in [0.15, 0.2) is 40.7 Å². The molecule has 3 nitrogen and oxygen atoms in total. The zero-order valence-electron chi connectivity index (χ0n) is 17.1. The number of rotatable bonds is 6. The predicted octanol–water partition coefficient (Wildman–Crippen LogP) is 5.73. The van der Waals surface area contributed by atoms with Crippen LogP contribution in [0.5, 0.6) is 0 Å². The van der Waals surface area contributed by atoms with E-state index in [1.54, 1.807) is 11.3 Å². The maximum atomic E-state index is 4.92. The second-order valence-corrected chi connectivity index (χ2v) is 8.61. The molecule has 1 heterocycles. The molecule has 1 aliphatic rings. The van der Waals surface area contributed by atoms with Gasteiger partial charge in [0.2, 0.25) is 0 Å². The molecule has 0 aliphatic heterocycles. The van der Waals surface area contributed by atoms with E-state index in [2.05, 4.69) is 66.4 Å². The van der Waals surface area contributed by atoms with Gasteiger partial charge >= 0.3 is 0 Å². The molecular formula is C24H27N3S. The minimum absolute atomic E-state index is 0.876. The summed E-state index contributed by atoms with van der Waals surface area (Å²) in [5.74, 6) is 0. The second kappa shape index (κ2) is 7.88. The fraction of sp³-hybridized carbons (Fsp3) is 0.333. The van der Waals surface area contributed by atoms with Gasteiger partial charge in [-0.15, -0.1) is 11.3 Å². The summed E-state index contributed by atoms with van der Waals surface area (Å²) in [6.45, 7) is 7.38. The van der Waals surface area contributed by atoms with Crippen molar-refractivity contribution in [2.45, 2.75) is 40.0 Å². The SMILES string of the molecule is CCN(C)C=Nc1cc(C)c(Cc2nc(-c3ccc4c(c3)CC4)cs2)cc1C. The summed E-state index contributed by atoms with van der Waals surface area (Å²) >= 11 is 1.76. The molecule has 3 aromatic rings. The van der Waals surface area contributed by atoms with Gasteiger partial charge in [0, 0.05) is 31.0 Å². The van der Waals surface area contributed by atoms with Crippen molar-refractivity contribution >= 4 is 23.4 Å². The van der Waals surface area contributed by atoms with Gasteiger partial charge < -0.3 is 4.90 Å². The maximum absolute atomic E-state index is 4.92. The molecule has 0 N–H and O–H groups in total. The fourth-order valence-corrected chi connectivity index (χ4v) is 4.30. The number of fused-ring (bicyclic) bond motifs is 1. The molecule has 2 aromatic carbocycles. The summed E-state index contributed by atoms with van der Waals surface area (Å²) in [5.41, 5.74) is 10.2. The minimum Gasteiger partial charge on any atom is -0.366 e. The Morgan fingerprint density at radius 2 is 1.93 bits per heavy atom. The zero-order valence-corrected chi connectivity index (χ0v) is 17.9. The molecule has 0 atom stereocenters. The van der Waals surface area contributed by atoms with E-state index in [0.717, 1.165) is 24.3 Å². The van der Waals surface area contributed by atoms with Crippen LogP contribution in [0.3, 0.4) is 0 Å². The summed E-state index contributed by atoms with van der Waals surface area (Å²) in [6, 6.07) is 11.2. The smallest absolute Gasteiger partial charge is 0.0976 e. The van der Waals surface area contributed by atoms with Crippen LogP contribution in [0.2, 0.25) is 0 Å². The molecule has 4 heteroatoms. The molecule has 1 aromatic heterocycles. The Morgan fingerprint density at radius 3 is 2.64 bits per heavy atom. The van der Waals surface area contributed by atoms with Crippen molar-refractivity contribution in [3.05, 3.63) is 68.5 Å². The monoisotopic (exact) mass is 389 g/mol. The minimum atomic E-state index is 0.876. The lowest BCUT2D eigenvalue weighted by Crippen LogP contribution is -2.14. The van der Waals surface area contributed by atoms with Crippen LogP contribution in [0.1, 0.15) is 39.7 Å². The van der Waals surface area contributed by atoms with Gasteiger partial charge in [-0.1, -0.05) is 18.2 Å². The Kier molecular flexibility index (Phi) is 5.31. The summed E-state index contributed by atoms with van der Waals surface area (Å²) in [5, 5.41) is 3.36. The second-order valence-electron chi connectivity index (χ2n) is 7.67. The van der Waals surface area contributed by atoms with Gasteiger partial charge in [-0.2, -0.15) is 0 Å². The molecule has 0 saturated heterocycles. The van der Waals surface area contributed by atoms with Crippen LogP contribution in [0.25, 0.3) is 11.3 Å². The van der Waals surface area contributed by atoms with Gasteiger partial charge in [0.25, 0.3) is 0 Å². The summed E-state index contributed by atoms with van der Waals surface area (Å²) in [4.78, 5) is 11.6. The van der Waals surface area contributed by atoms with Crippen molar-refractivity contribution in [3.63, 3.8) is 0 Å². The Labute approximate surface area is 171 Å². The van der Waals surface area contributed by atoms with E-state index < -0.39 is 0 Å². The van der Waals surface area contributed by atoms with Crippen molar-refractivity contribution < 1.29 is 0 Å². The molecule has 0 bridgehead atoms. The quantitative estimate of drug-likeness (QED) is 0.398. The molecule has 0 radical (unpaired) electrons. The van der Waals surface area contributed by atoms with Crippen LogP contribution < -0.4 is 0 Å². The first-order chi connectivity index (χ1) is 13.5. The molecule has 0 unspecified atom stereocenters. The zero-order chi connectivity index (χ0) is 19.7. The lowest BCUT2D eigenvalue weighted by atomic mass is 9.87. The van der Waals surface area contributed by atoms with Gasteiger partial charge in [-0.25, -0.2) is 9.98 Å². The first-order valence-electron chi connectivity index (χ1n) is 9.94. The third-order valence-electron chi connectivity index (χ3n) is 5.61. The van der Waals surface area contributed by atoms with Crippen molar-refractivity contribution in [1.82, 2.24) is 9.88 Å². The van der Waals surface area contributed by atoms with Crippen molar-refractivity contribution in [3.8, 4) is 11.3 Å². The van der Waals surface area contributed by atoms with E-state index in [4.69, 9.17) is 4.98 Å². The van der Waals surface area contributed by atoms with E-state index in [9.17, 15) is 0 Å². The molecule has 144 valence electrons. The number of hydrogen-bond acceptors (Lipinski definition) is 3. The predicted molar refractivity (Wildman–Crippen MR) is 120 cm³/mol. The number of thiazole rings is 1. The maximum Gasteiger partial charge on any atom is 0.0976 e. The number of benzene rings is 2. The first-order valence-corrected chi connectivity index (χ1v) is 10.8. The average Bonchev–Trinajstić information content (AvgIpc) is 3.12. The standard InChI is InChI=1S/C24H27N3S/c1-5-27(4)15-25-22-11-16(2)21(10-17(22)3)13-24-26-23(14-28-24)20-9-7-18-6-8-19(18)12-20/h7,9-12,14-15H,5-6,8,13H2,1-4H3. The lowest BCUT2D eigenvalue weighted by Gasteiger charge is -2.18. The van der Waals surface area contributed by atoms with Gasteiger partial charge in [0.05, 0.1) is 22.7 Å². The van der Waals surface area contributed by atoms with Crippen LogP contribution in [-0.2, 0) is 19.3 Å². The highest BCUT2D eigenvalue weighted by Gasteiger charge is 2.15. The van der Waals surface area contributed by atoms with E-state index in [0.29, 0.717) is 0 Å². The van der Waals surface area contributed by atoms with Gasteiger partial charge in [-0.3, -0.25) is 0 Å². The Hall–Kier alpha value is -2.46. The molecule has 0 saturated carbocycles. The highest BCUT2D eigenvalue weighted by molar-refractivity contribution is 7.10. The summed E-state index contributed by atoms with van der Waals surface area (Å²) in [7, 11) is 2.04. The van der Waals surface area contributed by atoms with Gasteiger partial charge in [0.1, 0.15) is 0 Å². The van der Waals surface area contributed by atoms with Gasteiger partial charge in [-0.05, 0) is 73.6 Å². The normalized spacial score (nSPS) is 12.9. The highest BCUT2D eigenvalue weighted by atomic mass is 32.1. The largest absolute Gasteiger partial charge is 0.366 e. The third-order valence-corrected chi connectivity index (χ3v) is 6.46. The number of aryl methyl sites for hydroxylation is 4. The lowest BCUT2D eigenvalue weighted by molar-refractivity contribution is 0.552. The Bertz CT molecular complexity index is 1030. The highest BCUT2D eigenvalue weighted by Crippen LogP contribution is 2.31. The molecule has 0 fully saturated rings. The third kappa shape index (κ3) is 3.88. The molecule has 1 aliphatic carbocycles. The van der Waals surface area contributed by atoms with Crippen LogP contribution >= 0.6 is 11.3 Å². The van der Waals surface area contributed by atoms with Crippen molar-refractivity contribution in [2.24, 2.45) is 4.99 Å².